The Kier molecular flexibility index (Phi) is 19.6. The molecule has 0 aliphatic rings. The molecule has 0 spiro atoms. The molecule has 0 saturated heterocycles. The first-order valence-corrected chi connectivity index (χ1v) is 21.9. The van der Waals surface area contributed by atoms with Crippen molar-refractivity contribution in [1.29, 1.82) is 0 Å². The predicted octanol–water partition coefficient (Wildman–Crippen LogP) is 10.1. The van der Waals surface area contributed by atoms with Gasteiger partial charge in [-0.3, -0.25) is 0 Å². The Balaban J connectivity index is 0.000000176. The van der Waals surface area contributed by atoms with Gasteiger partial charge in [-0.25, -0.2) is 0 Å². The molecule has 0 atom stereocenters. The summed E-state index contributed by atoms with van der Waals surface area (Å²) in [5, 5.41) is 8.39. The van der Waals surface area contributed by atoms with Crippen molar-refractivity contribution in [2.24, 2.45) is 0 Å². The quantitative estimate of drug-likeness (QED) is 0.0681. The standard InChI is InChI=1S/2C18H15P.C11H8N.CO.ClH.Ru/c2*1-4-10-16(11-5-1)19(17-12-6-2-7-13-17)18-14-8-3-9-15-18;1-2-6-10(7-3-1)11-8-4-5-9-12-11;1-2;;/h2*1-15H;1-6,8-9H;;1H;/q;;-1;;;+2/p-1. The van der Waals surface area contributed by atoms with E-state index in [1.807, 2.05) is 59.8 Å². The van der Waals surface area contributed by atoms with Crippen LogP contribution in [0.4, 0.5) is 0 Å². The molecule has 8 rings (SSSR count). The Labute approximate surface area is 336 Å². The summed E-state index contributed by atoms with van der Waals surface area (Å²) in [6.45, 7) is 4.50. The van der Waals surface area contributed by atoms with Crippen molar-refractivity contribution in [2.75, 3.05) is 0 Å². The van der Waals surface area contributed by atoms with Crippen molar-refractivity contribution in [1.82, 2.24) is 4.98 Å². The molecule has 266 valence electrons. The van der Waals surface area contributed by atoms with Crippen LogP contribution in [0.15, 0.2) is 231 Å². The molecule has 0 saturated carbocycles. The molecule has 54 heavy (non-hydrogen) atoms. The number of rotatable bonds is 7. The van der Waals surface area contributed by atoms with Gasteiger partial charge >= 0.3 is 38.3 Å². The first-order chi connectivity index (χ1) is 26.9. The molecular weight excluding hydrogens is 805 g/mol. The van der Waals surface area contributed by atoms with Crippen LogP contribution in [0.5, 0.6) is 0 Å². The van der Waals surface area contributed by atoms with Gasteiger partial charge in [-0.05, 0) is 59.4 Å². The van der Waals surface area contributed by atoms with Gasteiger partial charge in [0.1, 0.15) is 0 Å². The Bertz CT molecular complexity index is 1790. The summed E-state index contributed by atoms with van der Waals surface area (Å²) < 4.78 is 7.50. The van der Waals surface area contributed by atoms with Crippen molar-refractivity contribution >= 4 is 57.4 Å². The molecular formula is C48H38ClNOP2Ru. The fraction of sp³-hybridized carbons (Fsp3) is 0. The molecule has 0 unspecified atom stereocenters. The SMILES string of the molecule is [C-]#[O+].[Cl][Ru+].[c-]1ccccc1-c1ccccn1.c1ccc(P(c2ccccc2)c2ccccc2)cc1.c1ccc(P(c2ccccc2)c2ccccc2)cc1. The van der Waals surface area contributed by atoms with Gasteiger partial charge in [-0.2, -0.15) is 0 Å². The second-order valence-electron chi connectivity index (χ2n) is 11.2. The van der Waals surface area contributed by atoms with Crippen LogP contribution >= 0.6 is 25.5 Å². The van der Waals surface area contributed by atoms with Crippen LogP contribution in [0.2, 0.25) is 0 Å². The van der Waals surface area contributed by atoms with Crippen molar-refractivity contribution in [2.45, 2.75) is 0 Å². The summed E-state index contributed by atoms with van der Waals surface area (Å²) in [4.78, 5) is 4.22. The molecule has 8 aromatic rings. The second kappa shape index (κ2) is 25.3. The molecule has 6 heteroatoms. The average Bonchev–Trinajstić information content (AvgIpc) is 3.29. The van der Waals surface area contributed by atoms with Crippen LogP contribution in [-0.4, -0.2) is 4.98 Å². The van der Waals surface area contributed by atoms with E-state index in [0.717, 1.165) is 11.3 Å². The minimum atomic E-state index is -0.446. The average molecular weight is 843 g/mol. The van der Waals surface area contributed by atoms with Crippen LogP contribution in [-0.2, 0) is 22.0 Å². The van der Waals surface area contributed by atoms with E-state index in [4.69, 9.17) is 4.65 Å². The van der Waals surface area contributed by atoms with Gasteiger partial charge in [-0.1, -0.05) is 194 Å². The van der Waals surface area contributed by atoms with Gasteiger partial charge in [0, 0.05) is 6.20 Å². The molecule has 2 nitrogen and oxygen atoms in total. The Morgan fingerprint density at radius 1 is 0.389 bits per heavy atom. The number of benzene rings is 7. The van der Waals surface area contributed by atoms with E-state index in [1.165, 1.54) is 31.8 Å². The van der Waals surface area contributed by atoms with Crippen LogP contribution in [0.25, 0.3) is 11.3 Å². The molecule has 1 heterocycles. The van der Waals surface area contributed by atoms with Crippen LogP contribution in [0.3, 0.4) is 0 Å². The fourth-order valence-electron chi connectivity index (χ4n) is 5.43. The Hall–Kier alpha value is -4.80. The number of hydrogen-bond acceptors (Lipinski definition) is 1. The van der Waals surface area contributed by atoms with Crippen molar-refractivity contribution < 1.29 is 22.0 Å². The first-order valence-electron chi connectivity index (χ1n) is 17.0. The first kappa shape index (κ1) is 42.0. The van der Waals surface area contributed by atoms with E-state index in [-0.39, 0.29) is 0 Å². The van der Waals surface area contributed by atoms with Gasteiger partial charge in [0.2, 0.25) is 0 Å². The molecule has 0 radical (unpaired) electrons. The molecule has 7 aromatic carbocycles. The van der Waals surface area contributed by atoms with E-state index >= 15 is 0 Å². The second-order valence-corrected chi connectivity index (χ2v) is 15.6. The van der Waals surface area contributed by atoms with Crippen molar-refractivity contribution in [3.05, 3.63) is 243 Å². The van der Waals surface area contributed by atoms with E-state index < -0.39 is 15.8 Å². The Morgan fingerprint density at radius 3 is 0.907 bits per heavy atom. The molecule has 0 aliphatic heterocycles. The third-order valence-electron chi connectivity index (χ3n) is 7.74. The summed E-state index contributed by atoms with van der Waals surface area (Å²) in [6, 6.07) is 81.5. The smallest absolute Gasteiger partial charge is 0.0160 e. The van der Waals surface area contributed by atoms with Gasteiger partial charge in [-0.15, -0.1) is 35.9 Å². The van der Waals surface area contributed by atoms with Crippen LogP contribution < -0.4 is 31.8 Å². The maximum atomic E-state index is 7.50. The maximum absolute atomic E-state index is 7.50. The minimum Gasteiger partial charge on any atom is -0.305 e. The number of halogens is 1. The topological polar surface area (TPSA) is 32.8 Å². The zero-order valence-electron chi connectivity index (χ0n) is 29.4. The van der Waals surface area contributed by atoms with Crippen molar-refractivity contribution in [3.8, 4) is 11.3 Å². The Morgan fingerprint density at radius 2 is 0.667 bits per heavy atom. The molecule has 0 bridgehead atoms. The normalized spacial score (nSPS) is 9.74. The van der Waals surface area contributed by atoms with Gasteiger partial charge in [0.05, 0.1) is 0 Å². The zero-order chi connectivity index (χ0) is 38.1. The predicted molar refractivity (Wildman–Crippen MR) is 229 cm³/mol. The zero-order valence-corrected chi connectivity index (χ0v) is 33.7. The van der Waals surface area contributed by atoms with Gasteiger partial charge in [0.25, 0.3) is 0 Å². The summed E-state index contributed by atoms with van der Waals surface area (Å²) in [5.74, 6) is 0. The molecule has 0 amide bonds. The number of aromatic nitrogens is 1. The summed E-state index contributed by atoms with van der Waals surface area (Å²) in [6.07, 6.45) is 1.79. The van der Waals surface area contributed by atoms with Gasteiger partial charge < -0.3 is 4.98 Å². The molecule has 1 aromatic heterocycles. The van der Waals surface area contributed by atoms with Crippen LogP contribution in [0.1, 0.15) is 0 Å². The van der Waals surface area contributed by atoms with E-state index in [0.29, 0.717) is 0 Å². The van der Waals surface area contributed by atoms with Gasteiger partial charge in [0.15, 0.2) is 0 Å². The fourth-order valence-corrected chi connectivity index (χ4v) is 10.0. The van der Waals surface area contributed by atoms with E-state index in [2.05, 4.69) is 209 Å². The van der Waals surface area contributed by atoms with Crippen LogP contribution in [0, 0.1) is 12.7 Å². The summed E-state index contributed by atoms with van der Waals surface area (Å²) >= 11 is 1.82. The molecule has 0 N–H and O–H groups in total. The minimum absolute atomic E-state index is 0.446. The monoisotopic (exact) mass is 843 g/mol. The number of nitrogens with zero attached hydrogens (tertiary/aromatic N) is 1. The largest absolute Gasteiger partial charge is 0.305 e. The molecule has 0 aliphatic carbocycles. The van der Waals surface area contributed by atoms with E-state index in [9.17, 15) is 0 Å². The molecule has 0 fully saturated rings. The third-order valence-corrected chi connectivity index (χ3v) is 12.6. The third kappa shape index (κ3) is 13.3. The summed E-state index contributed by atoms with van der Waals surface area (Å²) in [7, 11) is 3.68. The summed E-state index contributed by atoms with van der Waals surface area (Å²) in [5.41, 5.74) is 2.01. The number of hydrogen-bond donors (Lipinski definition) is 0. The van der Waals surface area contributed by atoms with E-state index in [1.54, 1.807) is 6.20 Å². The number of pyridine rings is 1. The maximum Gasteiger partial charge on any atom is 0.0160 e. The van der Waals surface area contributed by atoms with Crippen molar-refractivity contribution in [3.63, 3.8) is 0 Å².